The molecule has 2 N–H and O–H groups in total. The quantitative estimate of drug-likeness (QED) is 0.881. The molecule has 0 amide bonds. The molecule has 0 aliphatic rings. The number of hydrogen-bond donors (Lipinski definition) is 2. The van der Waals surface area contributed by atoms with Gasteiger partial charge in [0.2, 0.25) is 0 Å². The highest BCUT2D eigenvalue weighted by molar-refractivity contribution is 7.91. The summed E-state index contributed by atoms with van der Waals surface area (Å²) in [6.45, 7) is 3.62. The van der Waals surface area contributed by atoms with Crippen LogP contribution in [0.4, 0.5) is 5.69 Å². The molecule has 1 unspecified atom stereocenters. The molecule has 5 nitrogen and oxygen atoms in total. The molecular formula is C13H17N3O2S. The Morgan fingerprint density at radius 2 is 2.00 bits per heavy atom. The smallest absolute Gasteiger partial charge is 0.178 e. The maximum atomic E-state index is 11.7. The largest absolute Gasteiger partial charge is 0.375 e. The number of aromatic nitrogens is 2. The van der Waals surface area contributed by atoms with E-state index in [1.54, 1.807) is 43.6 Å². The van der Waals surface area contributed by atoms with E-state index >= 15 is 0 Å². The number of nitrogens with one attached hydrogen (secondary N) is 2. The lowest BCUT2D eigenvalue weighted by Crippen LogP contribution is -2.09. The molecule has 1 heterocycles. The van der Waals surface area contributed by atoms with Crippen LogP contribution in [0.3, 0.4) is 0 Å². The fourth-order valence-electron chi connectivity index (χ4n) is 1.76. The van der Waals surface area contributed by atoms with Crippen LogP contribution < -0.4 is 5.32 Å². The first-order valence-electron chi connectivity index (χ1n) is 6.11. The summed E-state index contributed by atoms with van der Waals surface area (Å²) in [5, 5.41) is 3.25. The summed E-state index contributed by atoms with van der Waals surface area (Å²) >= 11 is 0. The molecular weight excluding hydrogens is 262 g/mol. The Morgan fingerprint density at radius 3 is 2.53 bits per heavy atom. The maximum Gasteiger partial charge on any atom is 0.178 e. The van der Waals surface area contributed by atoms with Gasteiger partial charge in [0, 0.05) is 18.1 Å². The summed E-state index contributed by atoms with van der Waals surface area (Å²) in [5.74, 6) is 0.952. The molecule has 1 aromatic heterocycles. The lowest BCUT2D eigenvalue weighted by atomic mass is 10.2. The second-order valence-corrected chi connectivity index (χ2v) is 6.55. The van der Waals surface area contributed by atoms with Gasteiger partial charge >= 0.3 is 0 Å². The van der Waals surface area contributed by atoms with Gasteiger partial charge in [-0.2, -0.15) is 0 Å². The predicted molar refractivity (Wildman–Crippen MR) is 74.8 cm³/mol. The van der Waals surface area contributed by atoms with Gasteiger partial charge in [-0.05, 0) is 31.2 Å². The molecule has 6 heteroatoms. The molecule has 102 valence electrons. The average Bonchev–Trinajstić information content (AvgIpc) is 2.93. The number of imidazole rings is 1. The summed E-state index contributed by atoms with van der Waals surface area (Å²) < 4.78 is 23.4. The third-order valence-electron chi connectivity index (χ3n) is 2.91. The highest BCUT2D eigenvalue weighted by Gasteiger charge is 2.12. The van der Waals surface area contributed by atoms with Crippen LogP contribution in [0.5, 0.6) is 0 Å². The molecule has 0 radical (unpaired) electrons. The number of nitrogens with zero attached hydrogens (tertiary/aromatic N) is 1. The fraction of sp³-hybridized carbons (Fsp3) is 0.308. The number of aromatic amines is 1. The standard InChI is InChI=1S/C13H17N3O2S/c1-3-19(17,18)12-6-4-11(5-7-12)16-10(2)13-14-8-9-15-13/h4-10,16H,3H2,1-2H3,(H,14,15). The Morgan fingerprint density at radius 1 is 1.32 bits per heavy atom. The minimum atomic E-state index is -3.13. The number of hydrogen-bond acceptors (Lipinski definition) is 4. The Labute approximate surface area is 113 Å². The van der Waals surface area contributed by atoms with Crippen molar-refractivity contribution < 1.29 is 8.42 Å². The minimum absolute atomic E-state index is 0.0311. The summed E-state index contributed by atoms with van der Waals surface area (Å²) in [4.78, 5) is 7.55. The van der Waals surface area contributed by atoms with Crippen molar-refractivity contribution in [2.45, 2.75) is 24.8 Å². The number of sulfone groups is 1. The van der Waals surface area contributed by atoms with Crippen molar-refractivity contribution in [2.24, 2.45) is 0 Å². The van der Waals surface area contributed by atoms with Crippen molar-refractivity contribution in [3.05, 3.63) is 42.5 Å². The van der Waals surface area contributed by atoms with Crippen molar-refractivity contribution in [2.75, 3.05) is 11.1 Å². The van der Waals surface area contributed by atoms with Crippen LogP contribution in [0, 0.1) is 0 Å². The summed E-state index contributed by atoms with van der Waals surface area (Å²) in [7, 11) is -3.13. The van der Waals surface area contributed by atoms with Gasteiger partial charge in [-0.25, -0.2) is 13.4 Å². The van der Waals surface area contributed by atoms with Crippen LogP contribution in [-0.2, 0) is 9.84 Å². The summed E-state index contributed by atoms with van der Waals surface area (Å²) in [6, 6.07) is 6.80. The molecule has 19 heavy (non-hydrogen) atoms. The van der Waals surface area contributed by atoms with Crippen molar-refractivity contribution >= 4 is 15.5 Å². The third kappa shape index (κ3) is 3.14. The topological polar surface area (TPSA) is 74.8 Å². The van der Waals surface area contributed by atoms with Gasteiger partial charge < -0.3 is 10.3 Å². The van der Waals surface area contributed by atoms with E-state index < -0.39 is 9.84 Å². The highest BCUT2D eigenvalue weighted by Crippen LogP contribution is 2.19. The van der Waals surface area contributed by atoms with Crippen LogP contribution in [0.1, 0.15) is 25.7 Å². The molecule has 0 aliphatic heterocycles. The Kier molecular flexibility index (Phi) is 3.90. The number of rotatable bonds is 5. The van der Waals surface area contributed by atoms with E-state index in [-0.39, 0.29) is 11.8 Å². The predicted octanol–water partition coefficient (Wildman–Crippen LogP) is 2.38. The van der Waals surface area contributed by atoms with E-state index in [0.29, 0.717) is 4.90 Å². The highest BCUT2D eigenvalue weighted by atomic mass is 32.2. The molecule has 0 aliphatic carbocycles. The van der Waals surface area contributed by atoms with Crippen molar-refractivity contribution in [3.8, 4) is 0 Å². The first kappa shape index (κ1) is 13.6. The van der Waals surface area contributed by atoms with Crippen molar-refractivity contribution in [3.63, 3.8) is 0 Å². The van der Waals surface area contributed by atoms with Gasteiger partial charge in [-0.3, -0.25) is 0 Å². The van der Waals surface area contributed by atoms with Gasteiger partial charge in [0.05, 0.1) is 16.7 Å². The third-order valence-corrected chi connectivity index (χ3v) is 4.66. The first-order valence-corrected chi connectivity index (χ1v) is 7.77. The zero-order chi connectivity index (χ0) is 13.9. The van der Waals surface area contributed by atoms with Gasteiger partial charge in [-0.1, -0.05) is 6.92 Å². The first-order chi connectivity index (χ1) is 9.03. The molecule has 0 bridgehead atoms. The Balaban J connectivity index is 2.11. The second-order valence-electron chi connectivity index (χ2n) is 4.27. The maximum absolute atomic E-state index is 11.7. The van der Waals surface area contributed by atoms with Gasteiger partial charge in [0.25, 0.3) is 0 Å². The Bertz CT molecular complexity index is 618. The molecule has 0 saturated heterocycles. The monoisotopic (exact) mass is 279 g/mol. The summed E-state index contributed by atoms with van der Waals surface area (Å²) in [6.07, 6.45) is 3.47. The lowest BCUT2D eigenvalue weighted by Gasteiger charge is -2.13. The van der Waals surface area contributed by atoms with E-state index in [0.717, 1.165) is 11.5 Å². The van der Waals surface area contributed by atoms with Crippen LogP contribution in [0.25, 0.3) is 0 Å². The number of anilines is 1. The van der Waals surface area contributed by atoms with Crippen molar-refractivity contribution in [1.29, 1.82) is 0 Å². The van der Waals surface area contributed by atoms with Crippen molar-refractivity contribution in [1.82, 2.24) is 9.97 Å². The van der Waals surface area contributed by atoms with E-state index in [4.69, 9.17) is 0 Å². The second kappa shape index (κ2) is 5.44. The van der Waals surface area contributed by atoms with Gasteiger partial charge in [-0.15, -0.1) is 0 Å². The fourth-order valence-corrected chi connectivity index (χ4v) is 2.64. The molecule has 0 fully saturated rings. The van der Waals surface area contributed by atoms with E-state index in [1.165, 1.54) is 0 Å². The van der Waals surface area contributed by atoms with E-state index in [2.05, 4.69) is 15.3 Å². The average molecular weight is 279 g/mol. The Hall–Kier alpha value is -1.82. The van der Waals surface area contributed by atoms with Crippen LogP contribution in [0.15, 0.2) is 41.6 Å². The van der Waals surface area contributed by atoms with E-state index in [1.807, 2.05) is 6.92 Å². The zero-order valence-corrected chi connectivity index (χ0v) is 11.7. The normalized spacial score (nSPS) is 13.2. The van der Waals surface area contributed by atoms with Gasteiger partial charge in [0.1, 0.15) is 5.82 Å². The molecule has 2 aromatic rings. The van der Waals surface area contributed by atoms with Crippen LogP contribution >= 0.6 is 0 Å². The lowest BCUT2D eigenvalue weighted by molar-refractivity contribution is 0.597. The molecule has 0 saturated carbocycles. The molecule has 1 atom stereocenters. The van der Waals surface area contributed by atoms with E-state index in [9.17, 15) is 8.42 Å². The number of H-pyrrole nitrogens is 1. The molecule has 0 spiro atoms. The summed E-state index contributed by atoms with van der Waals surface area (Å²) in [5.41, 5.74) is 0.860. The van der Waals surface area contributed by atoms with Crippen LogP contribution in [-0.4, -0.2) is 24.1 Å². The molecule has 1 aromatic carbocycles. The van der Waals surface area contributed by atoms with Crippen LogP contribution in [0.2, 0.25) is 0 Å². The minimum Gasteiger partial charge on any atom is -0.375 e. The SMILES string of the molecule is CCS(=O)(=O)c1ccc(NC(C)c2ncc[nH]2)cc1. The van der Waals surface area contributed by atoms with Gasteiger partial charge in [0.15, 0.2) is 9.84 Å². The zero-order valence-electron chi connectivity index (χ0n) is 10.9. The molecule has 2 rings (SSSR count). The number of benzene rings is 1.